The van der Waals surface area contributed by atoms with Crippen molar-refractivity contribution < 1.29 is 18.0 Å². The van der Waals surface area contributed by atoms with Crippen molar-refractivity contribution in [2.24, 2.45) is 15.9 Å². The fourth-order valence-electron chi connectivity index (χ4n) is 4.10. The molecular weight excluding hydrogens is 440 g/mol. The number of carbonyl (C=O) groups is 2. The Bertz CT molecular complexity index is 1270. The molecule has 0 aliphatic carbocycles. The smallest absolute Gasteiger partial charge is 0.308 e. The number of amides is 3. The van der Waals surface area contributed by atoms with Gasteiger partial charge in [0.25, 0.3) is 0 Å². The van der Waals surface area contributed by atoms with Crippen molar-refractivity contribution in [2.75, 3.05) is 18.0 Å². The highest BCUT2D eigenvalue weighted by atomic mass is 32.2. The first-order valence-corrected chi connectivity index (χ1v) is 12.3. The number of carbonyl (C=O) groups excluding carboxylic acids is 2. The van der Waals surface area contributed by atoms with Crippen LogP contribution in [0, 0.1) is 5.92 Å². The van der Waals surface area contributed by atoms with Crippen LogP contribution >= 0.6 is 0 Å². The van der Waals surface area contributed by atoms with Gasteiger partial charge in [-0.15, -0.1) is 0 Å². The van der Waals surface area contributed by atoms with Crippen LogP contribution in [0.15, 0.2) is 63.4 Å². The van der Waals surface area contributed by atoms with Gasteiger partial charge in [-0.25, -0.2) is 13.2 Å². The molecule has 0 fully saturated rings. The number of aliphatic imine (C=N–C) groups is 2. The van der Waals surface area contributed by atoms with Crippen LogP contribution in [0.3, 0.4) is 0 Å². The zero-order valence-corrected chi connectivity index (χ0v) is 19.6. The lowest BCUT2D eigenvalue weighted by atomic mass is 10.1. The van der Waals surface area contributed by atoms with Crippen molar-refractivity contribution in [3.05, 3.63) is 59.7 Å². The van der Waals surface area contributed by atoms with Crippen LogP contribution in [0.1, 0.15) is 31.9 Å². The summed E-state index contributed by atoms with van der Waals surface area (Å²) in [5, 5.41) is 2.81. The van der Waals surface area contributed by atoms with Gasteiger partial charge in [-0.2, -0.15) is 9.98 Å². The molecule has 9 heteroatoms. The molecule has 172 valence electrons. The highest BCUT2D eigenvalue weighted by Crippen LogP contribution is 2.34. The van der Waals surface area contributed by atoms with Gasteiger partial charge in [0.05, 0.1) is 11.4 Å². The van der Waals surface area contributed by atoms with Gasteiger partial charge in [0, 0.05) is 17.3 Å². The van der Waals surface area contributed by atoms with Crippen molar-refractivity contribution in [2.45, 2.75) is 38.1 Å². The first kappa shape index (κ1) is 23.0. The van der Waals surface area contributed by atoms with Crippen LogP contribution < -0.4 is 10.2 Å². The van der Waals surface area contributed by atoms with Gasteiger partial charge in [-0.05, 0) is 49.6 Å². The normalized spacial score (nSPS) is 17.9. The van der Waals surface area contributed by atoms with Gasteiger partial charge in [-0.3, -0.25) is 4.79 Å². The number of hydrogen-bond acceptors (Lipinski definition) is 5. The third-order valence-corrected chi connectivity index (χ3v) is 7.25. The second kappa shape index (κ2) is 8.99. The molecule has 2 aromatic rings. The Balaban J connectivity index is 1.62. The number of urea groups is 1. The van der Waals surface area contributed by atoms with E-state index in [1.54, 1.807) is 47.4 Å². The fraction of sp³-hybridized carbons (Fsp3) is 0.333. The molecule has 0 radical (unpaired) electrons. The van der Waals surface area contributed by atoms with E-state index in [0.717, 1.165) is 12.1 Å². The molecule has 1 N–H and O–H groups in total. The Morgan fingerprint density at radius 2 is 1.88 bits per heavy atom. The van der Waals surface area contributed by atoms with Crippen LogP contribution in [0.25, 0.3) is 0 Å². The van der Waals surface area contributed by atoms with E-state index in [1.165, 1.54) is 6.07 Å². The van der Waals surface area contributed by atoms with Gasteiger partial charge in [0.2, 0.25) is 15.7 Å². The summed E-state index contributed by atoms with van der Waals surface area (Å²) < 4.78 is 26.8. The zero-order chi connectivity index (χ0) is 23.8. The van der Waals surface area contributed by atoms with E-state index in [2.05, 4.69) is 29.1 Å². The number of anilines is 1. The third kappa shape index (κ3) is 4.51. The Morgan fingerprint density at radius 3 is 2.58 bits per heavy atom. The molecule has 2 aromatic carbocycles. The van der Waals surface area contributed by atoms with Crippen LogP contribution in [0.2, 0.25) is 0 Å². The van der Waals surface area contributed by atoms with Gasteiger partial charge >= 0.3 is 6.03 Å². The first-order valence-electron chi connectivity index (χ1n) is 10.9. The van der Waals surface area contributed by atoms with Crippen molar-refractivity contribution in [3.8, 4) is 0 Å². The van der Waals surface area contributed by atoms with Crippen molar-refractivity contribution in [1.82, 2.24) is 5.32 Å². The van der Waals surface area contributed by atoms with Gasteiger partial charge in [0.1, 0.15) is 5.71 Å². The summed E-state index contributed by atoms with van der Waals surface area (Å²) in [6.07, 6.45) is 0.541. The average molecular weight is 467 g/mol. The van der Waals surface area contributed by atoms with Gasteiger partial charge in [-0.1, -0.05) is 44.2 Å². The summed E-state index contributed by atoms with van der Waals surface area (Å²) in [7, 11) is -4.09. The molecule has 2 aliphatic heterocycles. The first-order chi connectivity index (χ1) is 15.7. The van der Waals surface area contributed by atoms with E-state index in [1.807, 2.05) is 6.92 Å². The minimum Gasteiger partial charge on any atom is -0.308 e. The van der Waals surface area contributed by atoms with E-state index >= 15 is 0 Å². The Hall–Kier alpha value is -3.17. The Labute approximate surface area is 193 Å². The highest BCUT2D eigenvalue weighted by molar-refractivity contribution is 8.08. The number of hydrogen-bond donors (Lipinski definition) is 1. The number of fused-ring (bicyclic) bond motifs is 1. The summed E-state index contributed by atoms with van der Waals surface area (Å²) in [5.41, 5.74) is 2.02. The number of nitrogens with zero attached hydrogens (tertiary/aromatic N) is 3. The summed E-state index contributed by atoms with van der Waals surface area (Å²) >= 11 is 0. The topological polar surface area (TPSA) is 108 Å². The molecule has 3 amide bonds. The predicted molar refractivity (Wildman–Crippen MR) is 128 cm³/mol. The SMILES string of the molecule is CC(C)CNCC(=O)N1c2ccc(S(=O)(=O)C3=NC(=O)N=C3c3ccccc3)cc2CC1C. The summed E-state index contributed by atoms with van der Waals surface area (Å²) in [4.78, 5) is 34.0. The van der Waals surface area contributed by atoms with Crippen LogP contribution in [0.5, 0.6) is 0 Å². The van der Waals surface area contributed by atoms with E-state index in [9.17, 15) is 18.0 Å². The van der Waals surface area contributed by atoms with Gasteiger partial charge in [0.15, 0.2) is 5.04 Å². The van der Waals surface area contributed by atoms with Crippen molar-refractivity contribution >= 4 is 38.2 Å². The quantitative estimate of drug-likeness (QED) is 0.704. The van der Waals surface area contributed by atoms with Crippen LogP contribution in [0.4, 0.5) is 10.5 Å². The average Bonchev–Trinajstić information content (AvgIpc) is 3.33. The minimum absolute atomic E-state index is 0.0257. The lowest BCUT2D eigenvalue weighted by Crippen LogP contribution is -2.42. The van der Waals surface area contributed by atoms with E-state index in [0.29, 0.717) is 23.6 Å². The molecular formula is C24H26N4O4S. The molecule has 2 heterocycles. The monoisotopic (exact) mass is 466 g/mol. The maximum atomic E-state index is 13.4. The lowest BCUT2D eigenvalue weighted by molar-refractivity contribution is -0.118. The van der Waals surface area contributed by atoms with E-state index in [4.69, 9.17) is 0 Å². The second-order valence-corrected chi connectivity index (χ2v) is 10.5. The number of sulfone groups is 1. The molecule has 8 nitrogen and oxygen atoms in total. The number of rotatable bonds is 6. The summed E-state index contributed by atoms with van der Waals surface area (Å²) in [5.74, 6) is 0.380. The fourth-order valence-corrected chi connectivity index (χ4v) is 5.48. The highest BCUT2D eigenvalue weighted by Gasteiger charge is 2.36. The van der Waals surface area contributed by atoms with Crippen molar-refractivity contribution in [3.63, 3.8) is 0 Å². The van der Waals surface area contributed by atoms with Crippen molar-refractivity contribution in [1.29, 1.82) is 0 Å². The Morgan fingerprint density at radius 1 is 1.15 bits per heavy atom. The zero-order valence-electron chi connectivity index (χ0n) is 18.8. The van der Waals surface area contributed by atoms with Crippen LogP contribution in [-0.4, -0.2) is 50.2 Å². The maximum Gasteiger partial charge on any atom is 0.369 e. The van der Waals surface area contributed by atoms with E-state index in [-0.39, 0.29) is 34.1 Å². The Kier molecular flexibility index (Phi) is 6.27. The molecule has 1 atom stereocenters. The molecule has 0 spiro atoms. The standard InChI is InChI=1S/C24H26N4O4S/c1-15(2)13-25-14-21(29)28-16(3)11-18-12-19(9-10-20(18)28)33(31,32)23-22(26-24(30)27-23)17-7-5-4-6-8-17/h4-10,12,15-16,25H,11,13-14H2,1-3H3. The molecule has 1 unspecified atom stereocenters. The second-order valence-electron chi connectivity index (χ2n) is 8.66. The molecule has 33 heavy (non-hydrogen) atoms. The summed E-state index contributed by atoms with van der Waals surface area (Å²) in [6, 6.07) is 12.4. The molecule has 2 aliphatic rings. The summed E-state index contributed by atoms with van der Waals surface area (Å²) in [6.45, 7) is 7.04. The number of benzene rings is 2. The molecule has 4 rings (SSSR count). The minimum atomic E-state index is -4.09. The maximum absolute atomic E-state index is 13.4. The molecule has 0 saturated heterocycles. The predicted octanol–water partition coefficient (Wildman–Crippen LogP) is 3.00. The molecule has 0 bridgehead atoms. The number of nitrogens with one attached hydrogen (secondary N) is 1. The molecule has 0 saturated carbocycles. The van der Waals surface area contributed by atoms with Crippen LogP contribution in [-0.2, 0) is 21.1 Å². The van der Waals surface area contributed by atoms with E-state index < -0.39 is 15.9 Å². The lowest BCUT2D eigenvalue weighted by Gasteiger charge is -2.23. The van der Waals surface area contributed by atoms with Gasteiger partial charge < -0.3 is 10.2 Å². The third-order valence-electron chi connectivity index (χ3n) is 5.58. The largest absolute Gasteiger partial charge is 0.369 e. The molecule has 0 aromatic heterocycles.